The third-order valence-corrected chi connectivity index (χ3v) is 1.59. The van der Waals surface area contributed by atoms with E-state index in [0.717, 1.165) is 0 Å². The highest BCUT2D eigenvalue weighted by molar-refractivity contribution is 6.30. The molecule has 0 aromatic heterocycles. The first-order valence-electron chi connectivity index (χ1n) is 4.00. The number of rotatable bonds is 1. The fourth-order valence-electron chi connectivity index (χ4n) is 0.642. The summed E-state index contributed by atoms with van der Waals surface area (Å²) in [5.41, 5.74) is 5.42. The molecule has 4 nitrogen and oxygen atoms in total. The van der Waals surface area contributed by atoms with Gasteiger partial charge in [0, 0.05) is 10.6 Å². The van der Waals surface area contributed by atoms with Crippen molar-refractivity contribution in [3.63, 3.8) is 0 Å². The number of halogens is 4. The monoisotopic (exact) mass is 269 g/mol. The van der Waals surface area contributed by atoms with E-state index in [-0.39, 0.29) is 0 Å². The molecule has 0 saturated heterocycles. The van der Waals surface area contributed by atoms with E-state index < -0.39 is 18.1 Å². The Balaban J connectivity index is 0.000000325. The fraction of sp³-hybridized carbons (Fsp3) is 0.111. The van der Waals surface area contributed by atoms with E-state index in [4.69, 9.17) is 27.2 Å². The van der Waals surface area contributed by atoms with Gasteiger partial charge in [0.05, 0.1) is 0 Å². The van der Waals surface area contributed by atoms with E-state index in [0.29, 0.717) is 10.6 Å². The zero-order valence-corrected chi connectivity index (χ0v) is 8.92. The van der Waals surface area contributed by atoms with Gasteiger partial charge in [0.2, 0.25) is 5.91 Å². The molecule has 0 aliphatic carbocycles. The highest BCUT2D eigenvalue weighted by Crippen LogP contribution is 2.13. The average Bonchev–Trinajstić information content (AvgIpc) is 2.17. The predicted molar refractivity (Wildman–Crippen MR) is 53.7 cm³/mol. The van der Waals surface area contributed by atoms with E-state index >= 15 is 0 Å². The number of amides is 1. The summed E-state index contributed by atoms with van der Waals surface area (Å²) in [7, 11) is 0. The smallest absolute Gasteiger partial charge is 0.475 e. The molecule has 0 bridgehead atoms. The van der Waals surface area contributed by atoms with Crippen LogP contribution in [0, 0.1) is 0 Å². The van der Waals surface area contributed by atoms with Gasteiger partial charge in [0.1, 0.15) is 0 Å². The average molecular weight is 270 g/mol. The lowest BCUT2D eigenvalue weighted by molar-refractivity contribution is -0.192. The number of benzene rings is 1. The first kappa shape index (κ1) is 15.2. The maximum Gasteiger partial charge on any atom is 0.490 e. The molecule has 0 radical (unpaired) electrons. The second-order valence-corrected chi connectivity index (χ2v) is 3.11. The zero-order chi connectivity index (χ0) is 13.6. The Hall–Kier alpha value is -1.76. The Morgan fingerprint density at radius 3 is 2.00 bits per heavy atom. The van der Waals surface area contributed by atoms with Crippen LogP contribution < -0.4 is 5.73 Å². The molecule has 0 atom stereocenters. The molecule has 0 unspecified atom stereocenters. The van der Waals surface area contributed by atoms with Gasteiger partial charge in [-0.2, -0.15) is 13.2 Å². The lowest BCUT2D eigenvalue weighted by atomic mass is 10.2. The highest BCUT2D eigenvalue weighted by atomic mass is 35.5. The molecular weight excluding hydrogens is 263 g/mol. The first-order valence-corrected chi connectivity index (χ1v) is 4.38. The van der Waals surface area contributed by atoms with Crippen molar-refractivity contribution in [2.24, 2.45) is 5.73 Å². The van der Waals surface area contributed by atoms with E-state index in [9.17, 15) is 18.0 Å². The van der Waals surface area contributed by atoms with Crippen LogP contribution in [0.5, 0.6) is 0 Å². The van der Waals surface area contributed by atoms with Crippen molar-refractivity contribution in [3.8, 4) is 0 Å². The Morgan fingerprint density at radius 2 is 1.76 bits per heavy atom. The van der Waals surface area contributed by atoms with Crippen LogP contribution in [-0.2, 0) is 4.79 Å². The second kappa shape index (κ2) is 6.09. The summed E-state index contributed by atoms with van der Waals surface area (Å²) in [5, 5.41) is 7.65. The highest BCUT2D eigenvalue weighted by Gasteiger charge is 2.38. The van der Waals surface area contributed by atoms with Crippen LogP contribution in [0.15, 0.2) is 24.3 Å². The molecule has 0 aliphatic heterocycles. The minimum absolute atomic E-state index is 0.438. The van der Waals surface area contributed by atoms with Crippen molar-refractivity contribution in [3.05, 3.63) is 34.9 Å². The van der Waals surface area contributed by atoms with Crippen LogP contribution in [0.3, 0.4) is 0 Å². The first-order chi connectivity index (χ1) is 7.64. The minimum atomic E-state index is -5.08. The molecule has 0 heterocycles. The molecule has 0 saturated carbocycles. The Kier molecular flexibility index (Phi) is 5.46. The van der Waals surface area contributed by atoms with Crippen LogP contribution in [0.4, 0.5) is 13.2 Å². The third kappa shape index (κ3) is 6.41. The van der Waals surface area contributed by atoms with E-state index in [2.05, 4.69) is 0 Å². The molecule has 3 N–H and O–H groups in total. The van der Waals surface area contributed by atoms with Crippen LogP contribution in [0.2, 0.25) is 5.02 Å². The van der Waals surface area contributed by atoms with Gasteiger partial charge in [0.25, 0.3) is 0 Å². The van der Waals surface area contributed by atoms with E-state index in [1.807, 2.05) is 0 Å². The number of carboxylic acid groups (broad SMARTS) is 1. The van der Waals surface area contributed by atoms with Crippen molar-refractivity contribution in [1.82, 2.24) is 0 Å². The van der Waals surface area contributed by atoms with E-state index in [1.54, 1.807) is 18.2 Å². The second-order valence-electron chi connectivity index (χ2n) is 2.68. The van der Waals surface area contributed by atoms with Gasteiger partial charge in [-0.05, 0) is 18.2 Å². The van der Waals surface area contributed by atoms with Gasteiger partial charge in [-0.25, -0.2) is 4.79 Å². The predicted octanol–water partition coefficient (Wildman–Crippen LogP) is 2.07. The summed E-state index contributed by atoms with van der Waals surface area (Å²) >= 11 is 5.58. The molecule has 17 heavy (non-hydrogen) atoms. The Labute approximate surface area is 98.8 Å². The van der Waals surface area contributed by atoms with E-state index in [1.165, 1.54) is 6.07 Å². The number of carbonyl (C=O) groups is 2. The van der Waals surface area contributed by atoms with Gasteiger partial charge in [0.15, 0.2) is 0 Å². The van der Waals surface area contributed by atoms with Crippen LogP contribution in [-0.4, -0.2) is 23.2 Å². The molecule has 0 fully saturated rings. The van der Waals surface area contributed by atoms with Gasteiger partial charge < -0.3 is 10.8 Å². The van der Waals surface area contributed by atoms with Crippen molar-refractivity contribution < 1.29 is 27.9 Å². The quantitative estimate of drug-likeness (QED) is 0.819. The van der Waals surface area contributed by atoms with Gasteiger partial charge in [-0.1, -0.05) is 17.7 Å². The topological polar surface area (TPSA) is 80.4 Å². The SMILES string of the molecule is NC(=O)c1cccc(Cl)c1.O=C(O)C(F)(F)F. The van der Waals surface area contributed by atoms with Gasteiger partial charge in [-0.3, -0.25) is 4.79 Å². The maximum atomic E-state index is 10.6. The van der Waals surface area contributed by atoms with Gasteiger partial charge >= 0.3 is 12.1 Å². The number of primary amides is 1. The molecule has 1 aromatic rings. The molecule has 0 spiro atoms. The third-order valence-electron chi connectivity index (χ3n) is 1.35. The summed E-state index contributed by atoms with van der Waals surface area (Å²) in [6.45, 7) is 0. The normalized spacial score (nSPS) is 10.1. The fourth-order valence-corrected chi connectivity index (χ4v) is 0.832. The maximum absolute atomic E-state index is 10.6. The van der Waals surface area contributed by atoms with Crippen LogP contribution in [0.1, 0.15) is 10.4 Å². The summed E-state index contributed by atoms with van der Waals surface area (Å²) in [6, 6.07) is 6.52. The van der Waals surface area contributed by atoms with Crippen molar-refractivity contribution in [2.45, 2.75) is 6.18 Å². The Bertz CT molecular complexity index is 420. The number of carboxylic acids is 1. The molecule has 1 aromatic carbocycles. The summed E-state index contributed by atoms with van der Waals surface area (Å²) < 4.78 is 31.7. The summed E-state index contributed by atoms with van der Waals surface area (Å²) in [5.74, 6) is -3.21. The number of aliphatic carboxylic acids is 1. The molecule has 1 rings (SSSR count). The molecule has 8 heteroatoms. The zero-order valence-electron chi connectivity index (χ0n) is 8.16. The number of alkyl halides is 3. The lowest BCUT2D eigenvalue weighted by Gasteiger charge is -1.93. The Morgan fingerprint density at radius 1 is 1.29 bits per heavy atom. The molecule has 94 valence electrons. The van der Waals surface area contributed by atoms with Gasteiger partial charge in [-0.15, -0.1) is 0 Å². The number of nitrogens with two attached hydrogens (primary N) is 1. The van der Waals surface area contributed by atoms with Crippen molar-refractivity contribution in [1.29, 1.82) is 0 Å². The lowest BCUT2D eigenvalue weighted by Crippen LogP contribution is -2.21. The molecular formula is C9H7ClF3NO3. The molecule has 1 amide bonds. The summed E-state index contributed by atoms with van der Waals surface area (Å²) in [4.78, 5) is 19.4. The van der Waals surface area contributed by atoms with Crippen molar-refractivity contribution in [2.75, 3.05) is 0 Å². The number of carbonyl (C=O) groups excluding carboxylic acids is 1. The largest absolute Gasteiger partial charge is 0.490 e. The van der Waals surface area contributed by atoms with Crippen molar-refractivity contribution >= 4 is 23.5 Å². The molecule has 0 aliphatic rings. The van der Waals surface area contributed by atoms with Crippen LogP contribution >= 0.6 is 11.6 Å². The number of hydrogen-bond donors (Lipinski definition) is 2. The standard InChI is InChI=1S/C7H6ClNO.C2HF3O2/c8-6-3-1-2-5(4-6)7(9)10;3-2(4,5)1(6)7/h1-4H,(H2,9,10);(H,6,7). The minimum Gasteiger partial charge on any atom is -0.475 e. The number of hydrogen-bond acceptors (Lipinski definition) is 2. The summed E-state index contributed by atoms with van der Waals surface area (Å²) in [6.07, 6.45) is -5.08. The van der Waals surface area contributed by atoms with Crippen LogP contribution in [0.25, 0.3) is 0 Å².